The van der Waals surface area contributed by atoms with Crippen LogP contribution in [0.15, 0.2) is 48.8 Å². The highest BCUT2D eigenvalue weighted by atomic mass is 19.1. The summed E-state index contributed by atoms with van der Waals surface area (Å²) in [6.45, 7) is 2.09. The molecule has 1 spiro atoms. The van der Waals surface area contributed by atoms with Gasteiger partial charge in [0, 0.05) is 25.4 Å². The van der Waals surface area contributed by atoms with E-state index in [0.717, 1.165) is 18.4 Å². The lowest BCUT2D eigenvalue weighted by atomic mass is 9.98. The monoisotopic (exact) mass is 356 g/mol. The lowest BCUT2D eigenvalue weighted by molar-refractivity contribution is 0.000245. The molecule has 5 nitrogen and oxygen atoms in total. The number of amides is 1. The summed E-state index contributed by atoms with van der Waals surface area (Å²) in [5, 5.41) is 0. The van der Waals surface area contributed by atoms with Crippen LogP contribution in [0.25, 0.3) is 0 Å². The number of hydrogen-bond acceptors (Lipinski definition) is 4. The molecule has 1 amide bonds. The minimum Gasteiger partial charge on any atom is -0.371 e. The topological polar surface area (TPSA) is 51.7 Å². The van der Waals surface area contributed by atoms with Gasteiger partial charge >= 0.3 is 0 Å². The lowest BCUT2D eigenvalue weighted by Crippen LogP contribution is -2.36. The van der Waals surface area contributed by atoms with Crippen molar-refractivity contribution in [2.24, 2.45) is 0 Å². The molecule has 2 aromatic rings. The lowest BCUT2D eigenvalue weighted by Gasteiger charge is -2.23. The zero-order valence-electron chi connectivity index (χ0n) is 14.4. The zero-order chi connectivity index (χ0) is 18.0. The van der Waals surface area contributed by atoms with Crippen LogP contribution in [0.4, 0.5) is 4.39 Å². The molecule has 4 rings (SSSR count). The van der Waals surface area contributed by atoms with Crippen molar-refractivity contribution in [3.05, 3.63) is 65.7 Å². The zero-order valence-corrected chi connectivity index (χ0v) is 14.4. The number of carbonyl (C=O) groups excluding carboxylic acids is 1. The van der Waals surface area contributed by atoms with E-state index in [1.54, 1.807) is 29.4 Å². The van der Waals surface area contributed by atoms with Gasteiger partial charge in [0.1, 0.15) is 5.82 Å². The fourth-order valence-electron chi connectivity index (χ4n) is 3.71. The van der Waals surface area contributed by atoms with E-state index >= 15 is 0 Å². The molecule has 0 bridgehead atoms. The second-order valence-electron chi connectivity index (χ2n) is 6.94. The van der Waals surface area contributed by atoms with Crippen molar-refractivity contribution >= 4 is 5.91 Å². The van der Waals surface area contributed by atoms with Gasteiger partial charge in [0.2, 0.25) is 0 Å². The number of aromatic nitrogens is 1. The highest BCUT2D eigenvalue weighted by molar-refractivity contribution is 5.94. The molecular weight excluding hydrogens is 335 g/mol. The highest BCUT2D eigenvalue weighted by Gasteiger charge is 2.47. The fraction of sp³-hybridized carbons (Fsp3) is 0.400. The molecule has 2 atom stereocenters. The molecule has 0 radical (unpaired) electrons. The molecular formula is C20H21FN2O3. The number of halogens is 1. The van der Waals surface area contributed by atoms with E-state index in [0.29, 0.717) is 26.3 Å². The van der Waals surface area contributed by atoms with E-state index in [1.165, 1.54) is 12.1 Å². The molecule has 2 aliphatic rings. The smallest absolute Gasteiger partial charge is 0.256 e. The summed E-state index contributed by atoms with van der Waals surface area (Å²) in [6, 6.07) is 9.96. The van der Waals surface area contributed by atoms with E-state index in [2.05, 4.69) is 4.98 Å². The standard InChI is InChI=1S/C20H21FN2O3/c21-18-4-2-1-3-17(18)19(24)23-10-7-20(14-23)11-16(13-26-20)25-12-15-5-8-22-9-6-15/h1-6,8-9,16H,7,10-14H2/t16-,20-/m0/s1. The van der Waals surface area contributed by atoms with Crippen LogP contribution in [0, 0.1) is 5.82 Å². The molecule has 6 heteroatoms. The van der Waals surface area contributed by atoms with Crippen molar-refractivity contribution in [3.8, 4) is 0 Å². The number of rotatable bonds is 4. The summed E-state index contributed by atoms with van der Waals surface area (Å²) >= 11 is 0. The van der Waals surface area contributed by atoms with E-state index in [1.807, 2.05) is 12.1 Å². The van der Waals surface area contributed by atoms with Crippen LogP contribution in [0.5, 0.6) is 0 Å². The van der Waals surface area contributed by atoms with Crippen LogP contribution in [0.1, 0.15) is 28.8 Å². The van der Waals surface area contributed by atoms with Crippen molar-refractivity contribution < 1.29 is 18.7 Å². The Labute approximate surface area is 151 Å². The van der Waals surface area contributed by atoms with Gasteiger partial charge in [-0.25, -0.2) is 4.39 Å². The minimum absolute atomic E-state index is 0.00618. The van der Waals surface area contributed by atoms with Gasteiger partial charge in [-0.05, 0) is 36.2 Å². The maximum absolute atomic E-state index is 13.9. The maximum atomic E-state index is 13.9. The second kappa shape index (κ2) is 7.13. The summed E-state index contributed by atoms with van der Waals surface area (Å²) in [7, 11) is 0. The Morgan fingerprint density at radius 3 is 2.92 bits per heavy atom. The largest absolute Gasteiger partial charge is 0.371 e. The Balaban J connectivity index is 1.35. The number of pyridine rings is 1. The first-order valence-electron chi connectivity index (χ1n) is 8.83. The first-order chi connectivity index (χ1) is 12.7. The molecule has 2 saturated heterocycles. The van der Waals surface area contributed by atoms with E-state index in [9.17, 15) is 9.18 Å². The van der Waals surface area contributed by atoms with Gasteiger partial charge in [0.15, 0.2) is 0 Å². The Bertz CT molecular complexity index is 786. The molecule has 0 aliphatic carbocycles. The highest BCUT2D eigenvalue weighted by Crippen LogP contribution is 2.37. The number of ether oxygens (including phenoxy) is 2. The molecule has 1 aromatic carbocycles. The van der Waals surface area contributed by atoms with Gasteiger partial charge < -0.3 is 14.4 Å². The molecule has 2 fully saturated rings. The average Bonchev–Trinajstić information content (AvgIpc) is 3.28. The van der Waals surface area contributed by atoms with Crippen LogP contribution in [-0.4, -0.2) is 47.2 Å². The van der Waals surface area contributed by atoms with Crippen molar-refractivity contribution in [2.75, 3.05) is 19.7 Å². The normalized spacial score (nSPS) is 25.1. The average molecular weight is 356 g/mol. The van der Waals surface area contributed by atoms with E-state index in [4.69, 9.17) is 9.47 Å². The Morgan fingerprint density at radius 1 is 1.31 bits per heavy atom. The summed E-state index contributed by atoms with van der Waals surface area (Å²) in [5.74, 6) is -0.755. The van der Waals surface area contributed by atoms with Crippen molar-refractivity contribution in [2.45, 2.75) is 31.2 Å². The van der Waals surface area contributed by atoms with Crippen molar-refractivity contribution in [3.63, 3.8) is 0 Å². The molecule has 1 aromatic heterocycles. The predicted molar refractivity (Wildman–Crippen MR) is 93.0 cm³/mol. The fourth-order valence-corrected chi connectivity index (χ4v) is 3.71. The van der Waals surface area contributed by atoms with Gasteiger partial charge in [-0.1, -0.05) is 12.1 Å². The summed E-state index contributed by atoms with van der Waals surface area (Å²) < 4.78 is 25.9. The van der Waals surface area contributed by atoms with Crippen LogP contribution in [0.2, 0.25) is 0 Å². The van der Waals surface area contributed by atoms with Gasteiger partial charge in [0.05, 0.1) is 37.0 Å². The molecule has 26 heavy (non-hydrogen) atoms. The third-order valence-corrected chi connectivity index (χ3v) is 5.12. The summed E-state index contributed by atoms with van der Waals surface area (Å²) in [5.41, 5.74) is 0.820. The van der Waals surface area contributed by atoms with Gasteiger partial charge in [-0.15, -0.1) is 0 Å². The quantitative estimate of drug-likeness (QED) is 0.845. The van der Waals surface area contributed by atoms with Crippen LogP contribution >= 0.6 is 0 Å². The first kappa shape index (κ1) is 17.1. The Kier molecular flexibility index (Phi) is 4.70. The summed E-state index contributed by atoms with van der Waals surface area (Å²) in [6.07, 6.45) is 5.00. The van der Waals surface area contributed by atoms with Crippen molar-refractivity contribution in [1.29, 1.82) is 0 Å². The number of nitrogens with zero attached hydrogens (tertiary/aromatic N) is 2. The molecule has 3 heterocycles. The van der Waals surface area contributed by atoms with Crippen LogP contribution < -0.4 is 0 Å². The molecule has 0 saturated carbocycles. The third-order valence-electron chi connectivity index (χ3n) is 5.12. The van der Waals surface area contributed by atoms with Gasteiger partial charge in [-0.3, -0.25) is 9.78 Å². The molecule has 0 unspecified atom stereocenters. The Hall–Kier alpha value is -2.31. The molecule has 2 aliphatic heterocycles. The Morgan fingerprint density at radius 2 is 2.12 bits per heavy atom. The van der Waals surface area contributed by atoms with Gasteiger partial charge in [-0.2, -0.15) is 0 Å². The van der Waals surface area contributed by atoms with Crippen LogP contribution in [-0.2, 0) is 16.1 Å². The second-order valence-corrected chi connectivity index (χ2v) is 6.94. The van der Waals surface area contributed by atoms with E-state index in [-0.39, 0.29) is 23.2 Å². The first-order valence-corrected chi connectivity index (χ1v) is 8.83. The van der Waals surface area contributed by atoms with Crippen molar-refractivity contribution in [1.82, 2.24) is 9.88 Å². The summed E-state index contributed by atoms with van der Waals surface area (Å²) in [4.78, 5) is 18.3. The molecule has 136 valence electrons. The number of hydrogen-bond donors (Lipinski definition) is 0. The van der Waals surface area contributed by atoms with Crippen LogP contribution in [0.3, 0.4) is 0 Å². The van der Waals surface area contributed by atoms with E-state index < -0.39 is 5.82 Å². The number of benzene rings is 1. The minimum atomic E-state index is -0.482. The van der Waals surface area contributed by atoms with Gasteiger partial charge in [0.25, 0.3) is 5.91 Å². The molecule has 0 N–H and O–H groups in total. The number of carbonyl (C=O) groups is 1. The predicted octanol–water partition coefficient (Wildman–Crippen LogP) is 2.81. The SMILES string of the molecule is O=C(c1ccccc1F)N1CC[C@]2(C[C@H](OCc3ccncc3)CO2)C1. The third kappa shape index (κ3) is 3.48. The number of likely N-dealkylation sites (tertiary alicyclic amines) is 1. The maximum Gasteiger partial charge on any atom is 0.256 e.